The Bertz CT molecular complexity index is 763. The van der Waals surface area contributed by atoms with Gasteiger partial charge in [-0.3, -0.25) is 4.90 Å². The number of benzene rings is 2. The molecule has 4 nitrogen and oxygen atoms in total. The van der Waals surface area contributed by atoms with Crippen LogP contribution in [0.5, 0.6) is 11.5 Å². The van der Waals surface area contributed by atoms with E-state index in [1.54, 1.807) is 19.2 Å². The van der Waals surface area contributed by atoms with Gasteiger partial charge in [0, 0.05) is 26.2 Å². The zero-order valence-electron chi connectivity index (χ0n) is 14.7. The number of ether oxygens (including phenoxy) is 2. The molecule has 0 bridgehead atoms. The van der Waals surface area contributed by atoms with E-state index >= 15 is 0 Å². The van der Waals surface area contributed by atoms with E-state index < -0.39 is 6.36 Å². The van der Waals surface area contributed by atoms with Crippen LogP contribution in [0.25, 0.3) is 0 Å². The van der Waals surface area contributed by atoms with Crippen molar-refractivity contribution >= 4 is 15.9 Å². The van der Waals surface area contributed by atoms with Crippen LogP contribution < -0.4 is 14.8 Å². The Morgan fingerprint density at radius 3 is 2.22 bits per heavy atom. The van der Waals surface area contributed by atoms with Crippen molar-refractivity contribution in [2.45, 2.75) is 12.4 Å². The lowest BCUT2D eigenvalue weighted by molar-refractivity contribution is -0.274. The van der Waals surface area contributed by atoms with E-state index in [1.807, 2.05) is 18.2 Å². The molecule has 2 aromatic carbocycles. The quantitative estimate of drug-likeness (QED) is 0.742. The lowest BCUT2D eigenvalue weighted by Crippen LogP contribution is -2.45. The summed E-state index contributed by atoms with van der Waals surface area (Å²) >= 11 is 3.52. The topological polar surface area (TPSA) is 33.7 Å². The van der Waals surface area contributed by atoms with Crippen molar-refractivity contribution in [2.24, 2.45) is 0 Å². The summed E-state index contributed by atoms with van der Waals surface area (Å²) in [5.74, 6) is 0.507. The molecule has 8 heteroatoms. The van der Waals surface area contributed by atoms with Crippen LogP contribution in [0.1, 0.15) is 17.2 Å². The molecule has 3 rings (SSSR count). The van der Waals surface area contributed by atoms with E-state index in [9.17, 15) is 13.2 Å². The summed E-state index contributed by atoms with van der Waals surface area (Å²) in [6.45, 7) is 3.41. The second kappa shape index (κ2) is 8.50. The molecule has 1 N–H and O–H groups in total. The molecule has 0 saturated carbocycles. The van der Waals surface area contributed by atoms with Gasteiger partial charge in [0.1, 0.15) is 11.5 Å². The maximum atomic E-state index is 12.4. The van der Waals surface area contributed by atoms with E-state index in [4.69, 9.17) is 4.74 Å². The van der Waals surface area contributed by atoms with Crippen LogP contribution in [0.2, 0.25) is 0 Å². The molecule has 1 fully saturated rings. The molecular weight excluding hydrogens is 425 g/mol. The molecule has 146 valence electrons. The van der Waals surface area contributed by atoms with Crippen molar-refractivity contribution in [3.8, 4) is 11.5 Å². The van der Waals surface area contributed by atoms with E-state index in [0.717, 1.165) is 47.5 Å². The summed E-state index contributed by atoms with van der Waals surface area (Å²) in [4.78, 5) is 2.31. The van der Waals surface area contributed by atoms with Crippen molar-refractivity contribution in [2.75, 3.05) is 33.3 Å². The zero-order valence-corrected chi connectivity index (χ0v) is 16.3. The number of alkyl halides is 3. The van der Waals surface area contributed by atoms with Gasteiger partial charge in [0.05, 0.1) is 17.6 Å². The number of hydrogen-bond acceptors (Lipinski definition) is 4. The monoisotopic (exact) mass is 444 g/mol. The highest BCUT2D eigenvalue weighted by Crippen LogP contribution is 2.35. The fraction of sp³-hybridized carbons (Fsp3) is 0.368. The van der Waals surface area contributed by atoms with Crippen LogP contribution in [0.3, 0.4) is 0 Å². The molecule has 1 aliphatic heterocycles. The lowest BCUT2D eigenvalue weighted by atomic mass is 9.96. The first kappa shape index (κ1) is 20.0. The van der Waals surface area contributed by atoms with Gasteiger partial charge in [-0.15, -0.1) is 13.2 Å². The molecule has 0 radical (unpaired) electrons. The van der Waals surface area contributed by atoms with Crippen LogP contribution in [-0.4, -0.2) is 44.6 Å². The third-order valence-electron chi connectivity index (χ3n) is 4.44. The van der Waals surface area contributed by atoms with Crippen LogP contribution in [0.15, 0.2) is 46.9 Å². The van der Waals surface area contributed by atoms with Crippen molar-refractivity contribution in [1.82, 2.24) is 10.2 Å². The molecule has 0 amide bonds. The van der Waals surface area contributed by atoms with Gasteiger partial charge < -0.3 is 14.8 Å². The summed E-state index contributed by atoms with van der Waals surface area (Å²) in [5, 5.41) is 3.32. The lowest BCUT2D eigenvalue weighted by Gasteiger charge is -2.35. The third kappa shape index (κ3) is 5.15. The zero-order chi connectivity index (χ0) is 19.4. The minimum absolute atomic E-state index is 0.0748. The summed E-state index contributed by atoms with van der Waals surface area (Å²) in [6, 6.07) is 11.9. The van der Waals surface area contributed by atoms with E-state index in [2.05, 4.69) is 30.9 Å². The highest BCUT2D eigenvalue weighted by Gasteiger charge is 2.31. The van der Waals surface area contributed by atoms with E-state index in [-0.39, 0.29) is 11.8 Å². The summed E-state index contributed by atoms with van der Waals surface area (Å²) in [5.41, 5.74) is 1.94. The first-order chi connectivity index (χ1) is 12.9. The second-order valence-electron chi connectivity index (χ2n) is 6.20. The average molecular weight is 445 g/mol. The van der Waals surface area contributed by atoms with Gasteiger partial charge in [-0.1, -0.05) is 18.2 Å². The highest BCUT2D eigenvalue weighted by atomic mass is 79.9. The van der Waals surface area contributed by atoms with Gasteiger partial charge in [-0.05, 0) is 51.3 Å². The number of nitrogens with one attached hydrogen (secondary N) is 1. The first-order valence-electron chi connectivity index (χ1n) is 8.51. The summed E-state index contributed by atoms with van der Waals surface area (Å²) in [7, 11) is 1.60. The van der Waals surface area contributed by atoms with E-state index in [1.165, 1.54) is 12.1 Å². The Balaban J connectivity index is 1.93. The molecule has 27 heavy (non-hydrogen) atoms. The van der Waals surface area contributed by atoms with Crippen LogP contribution in [0, 0.1) is 0 Å². The Hall–Kier alpha value is -1.77. The number of halogens is 4. The largest absolute Gasteiger partial charge is 0.573 e. The molecular formula is C19H20BrF3N2O2. The molecule has 1 heterocycles. The molecule has 0 unspecified atom stereocenters. The van der Waals surface area contributed by atoms with E-state index in [0.29, 0.717) is 0 Å². The second-order valence-corrected chi connectivity index (χ2v) is 7.05. The van der Waals surface area contributed by atoms with Gasteiger partial charge in [0.2, 0.25) is 0 Å². The predicted molar refractivity (Wildman–Crippen MR) is 100 cm³/mol. The van der Waals surface area contributed by atoms with Gasteiger partial charge >= 0.3 is 6.36 Å². The standard InChI is InChI=1S/C19H20BrF3N2O2/c1-26-17-7-4-14(12-16(17)20)18(25-10-8-24-9-11-25)13-2-5-15(6-3-13)27-19(21,22)23/h2-7,12,18,24H,8-11H2,1H3/t18-/m0/s1. The van der Waals surface area contributed by atoms with Crippen LogP contribution in [0.4, 0.5) is 13.2 Å². The summed E-state index contributed by atoms with van der Waals surface area (Å²) < 4.78 is 47.4. The van der Waals surface area contributed by atoms with Crippen molar-refractivity contribution < 1.29 is 22.6 Å². The third-order valence-corrected chi connectivity index (χ3v) is 5.06. The highest BCUT2D eigenvalue weighted by molar-refractivity contribution is 9.10. The Morgan fingerprint density at radius 2 is 1.67 bits per heavy atom. The maximum absolute atomic E-state index is 12.4. The maximum Gasteiger partial charge on any atom is 0.573 e. The number of rotatable bonds is 5. The van der Waals surface area contributed by atoms with Crippen molar-refractivity contribution in [3.63, 3.8) is 0 Å². The molecule has 0 aliphatic carbocycles. The minimum Gasteiger partial charge on any atom is -0.496 e. The van der Waals surface area contributed by atoms with Gasteiger partial charge in [-0.2, -0.15) is 0 Å². The van der Waals surface area contributed by atoms with Crippen molar-refractivity contribution in [1.29, 1.82) is 0 Å². The number of piperazine rings is 1. The number of nitrogens with zero attached hydrogens (tertiary/aromatic N) is 1. The Morgan fingerprint density at radius 1 is 1.04 bits per heavy atom. The molecule has 1 aliphatic rings. The predicted octanol–water partition coefficient (Wildman–Crippen LogP) is 4.35. The first-order valence-corrected chi connectivity index (χ1v) is 9.30. The Kier molecular flexibility index (Phi) is 6.29. The molecule has 0 spiro atoms. The fourth-order valence-electron chi connectivity index (χ4n) is 3.26. The summed E-state index contributed by atoms with van der Waals surface area (Å²) in [6.07, 6.45) is -4.69. The SMILES string of the molecule is COc1ccc([C@H](c2ccc(OC(F)(F)F)cc2)N2CCNCC2)cc1Br. The minimum atomic E-state index is -4.69. The normalized spacial score (nSPS) is 16.8. The van der Waals surface area contributed by atoms with Crippen LogP contribution in [-0.2, 0) is 0 Å². The molecule has 0 aromatic heterocycles. The number of hydrogen-bond donors (Lipinski definition) is 1. The molecule has 2 aromatic rings. The fourth-order valence-corrected chi connectivity index (χ4v) is 3.82. The molecule has 1 saturated heterocycles. The van der Waals surface area contributed by atoms with Gasteiger partial charge in [0.25, 0.3) is 0 Å². The van der Waals surface area contributed by atoms with Gasteiger partial charge in [-0.25, -0.2) is 0 Å². The van der Waals surface area contributed by atoms with Crippen LogP contribution >= 0.6 is 15.9 Å². The molecule has 1 atom stereocenters. The van der Waals surface area contributed by atoms with Crippen molar-refractivity contribution in [3.05, 3.63) is 58.1 Å². The van der Waals surface area contributed by atoms with Gasteiger partial charge in [0.15, 0.2) is 0 Å². The average Bonchev–Trinajstić information content (AvgIpc) is 2.63. The smallest absolute Gasteiger partial charge is 0.496 e. The Labute approximate surface area is 164 Å². The number of methoxy groups -OCH3 is 1.